The molecule has 98 valence electrons. The Balaban J connectivity index is 2.72. The zero-order chi connectivity index (χ0) is 14.2. The van der Waals surface area contributed by atoms with Gasteiger partial charge in [-0.05, 0) is 18.2 Å². The van der Waals surface area contributed by atoms with Crippen molar-refractivity contribution < 1.29 is 19.4 Å². The van der Waals surface area contributed by atoms with Crippen molar-refractivity contribution in [3.05, 3.63) is 50.6 Å². The SMILES string of the molecule is O=C(O)c1nn(-c2ccc(Br)cc2F)c(=O)cc1O. The van der Waals surface area contributed by atoms with Crippen molar-refractivity contribution in [2.45, 2.75) is 0 Å². The Morgan fingerprint density at radius 1 is 1.37 bits per heavy atom. The minimum atomic E-state index is -1.52. The number of hydrogen-bond donors (Lipinski definition) is 2. The highest BCUT2D eigenvalue weighted by Gasteiger charge is 2.17. The summed E-state index contributed by atoms with van der Waals surface area (Å²) in [5.74, 6) is -3.05. The highest BCUT2D eigenvalue weighted by atomic mass is 79.9. The van der Waals surface area contributed by atoms with Gasteiger partial charge >= 0.3 is 5.97 Å². The molecule has 0 spiro atoms. The Kier molecular flexibility index (Phi) is 3.34. The maximum absolute atomic E-state index is 13.7. The fourth-order valence-electron chi connectivity index (χ4n) is 1.42. The number of carboxylic acid groups (broad SMARTS) is 1. The molecule has 8 heteroatoms. The van der Waals surface area contributed by atoms with Gasteiger partial charge in [0.25, 0.3) is 5.56 Å². The lowest BCUT2D eigenvalue weighted by atomic mass is 10.3. The summed E-state index contributed by atoms with van der Waals surface area (Å²) >= 11 is 3.05. The van der Waals surface area contributed by atoms with Gasteiger partial charge in [-0.25, -0.2) is 9.18 Å². The van der Waals surface area contributed by atoms with Gasteiger partial charge in [-0.15, -0.1) is 0 Å². The highest BCUT2D eigenvalue weighted by Crippen LogP contribution is 2.18. The lowest BCUT2D eigenvalue weighted by Gasteiger charge is -2.07. The molecule has 1 heterocycles. The lowest BCUT2D eigenvalue weighted by molar-refractivity contribution is 0.0684. The zero-order valence-electron chi connectivity index (χ0n) is 9.17. The Bertz CT molecular complexity index is 729. The molecule has 0 saturated heterocycles. The molecule has 1 aromatic carbocycles. The molecule has 0 amide bonds. The van der Waals surface area contributed by atoms with Gasteiger partial charge in [0.1, 0.15) is 11.5 Å². The molecule has 1 aromatic heterocycles. The number of carbonyl (C=O) groups is 1. The smallest absolute Gasteiger partial charge is 0.360 e. The molecule has 2 aromatic rings. The quantitative estimate of drug-likeness (QED) is 0.872. The molecule has 0 atom stereocenters. The van der Waals surface area contributed by atoms with Crippen molar-refractivity contribution >= 4 is 21.9 Å². The van der Waals surface area contributed by atoms with Crippen LogP contribution in [0.4, 0.5) is 4.39 Å². The Morgan fingerprint density at radius 2 is 2.05 bits per heavy atom. The van der Waals surface area contributed by atoms with Crippen molar-refractivity contribution in [1.82, 2.24) is 9.78 Å². The third kappa shape index (κ3) is 2.48. The third-order valence-electron chi connectivity index (χ3n) is 2.25. The van der Waals surface area contributed by atoms with E-state index in [0.29, 0.717) is 15.2 Å². The van der Waals surface area contributed by atoms with Crippen LogP contribution in [0.25, 0.3) is 5.69 Å². The van der Waals surface area contributed by atoms with Crippen LogP contribution in [0.3, 0.4) is 0 Å². The lowest BCUT2D eigenvalue weighted by Crippen LogP contribution is -2.23. The minimum absolute atomic E-state index is 0.212. The molecule has 0 unspecified atom stereocenters. The van der Waals surface area contributed by atoms with Crippen LogP contribution in [0.1, 0.15) is 10.5 Å². The summed E-state index contributed by atoms with van der Waals surface area (Å²) < 4.78 is 14.7. The van der Waals surface area contributed by atoms with Gasteiger partial charge in [0.15, 0.2) is 5.75 Å². The number of hydrogen-bond acceptors (Lipinski definition) is 4. The van der Waals surface area contributed by atoms with Crippen LogP contribution in [0.15, 0.2) is 33.5 Å². The van der Waals surface area contributed by atoms with E-state index < -0.39 is 28.8 Å². The summed E-state index contributed by atoms with van der Waals surface area (Å²) in [7, 11) is 0. The van der Waals surface area contributed by atoms with Gasteiger partial charge in [-0.1, -0.05) is 15.9 Å². The molecular weight excluding hydrogens is 323 g/mol. The summed E-state index contributed by atoms with van der Waals surface area (Å²) in [6, 6.07) is 4.50. The molecule has 0 aliphatic heterocycles. The maximum Gasteiger partial charge on any atom is 0.360 e. The molecular formula is C11H6BrFN2O4. The minimum Gasteiger partial charge on any atom is -0.505 e. The first-order valence-electron chi connectivity index (χ1n) is 4.92. The van der Waals surface area contributed by atoms with Crippen LogP contribution < -0.4 is 5.56 Å². The monoisotopic (exact) mass is 328 g/mol. The number of rotatable bonds is 2. The average Bonchev–Trinajstić information content (AvgIpc) is 2.30. The van der Waals surface area contributed by atoms with E-state index in [1.165, 1.54) is 12.1 Å². The number of carboxylic acids is 1. The molecule has 19 heavy (non-hydrogen) atoms. The molecule has 2 N–H and O–H groups in total. The van der Waals surface area contributed by atoms with Gasteiger partial charge in [0, 0.05) is 10.5 Å². The molecule has 0 fully saturated rings. The summed E-state index contributed by atoms with van der Waals surface area (Å²) in [4.78, 5) is 22.4. The van der Waals surface area contributed by atoms with E-state index in [1.807, 2.05) is 0 Å². The van der Waals surface area contributed by atoms with Crippen molar-refractivity contribution in [2.24, 2.45) is 0 Å². The van der Waals surface area contributed by atoms with Crippen molar-refractivity contribution in [3.8, 4) is 11.4 Å². The van der Waals surface area contributed by atoms with E-state index in [0.717, 1.165) is 6.07 Å². The van der Waals surface area contributed by atoms with Crippen LogP contribution in [-0.2, 0) is 0 Å². The van der Waals surface area contributed by atoms with Crippen LogP contribution >= 0.6 is 15.9 Å². The van der Waals surface area contributed by atoms with Crippen LogP contribution in [0.5, 0.6) is 5.75 Å². The Hall–Kier alpha value is -2.22. The number of aromatic carboxylic acids is 1. The fourth-order valence-corrected chi connectivity index (χ4v) is 1.76. The van der Waals surface area contributed by atoms with E-state index in [-0.39, 0.29) is 5.69 Å². The van der Waals surface area contributed by atoms with Gasteiger partial charge in [0.05, 0.1) is 0 Å². The number of benzene rings is 1. The standard InChI is InChI=1S/C11H6BrFN2O4/c12-5-1-2-7(6(13)3-5)15-9(17)4-8(16)10(14-15)11(18)19/h1-4,16H,(H,18,19). The van der Waals surface area contributed by atoms with Crippen LogP contribution in [0, 0.1) is 5.82 Å². The molecule has 0 radical (unpaired) electrons. The second kappa shape index (κ2) is 4.81. The molecule has 6 nitrogen and oxygen atoms in total. The topological polar surface area (TPSA) is 92.4 Å². The predicted octanol–water partition coefficient (Wildman–Crippen LogP) is 1.54. The summed E-state index contributed by atoms with van der Waals surface area (Å²) in [6.07, 6.45) is 0. The molecule has 2 rings (SSSR count). The predicted molar refractivity (Wildman–Crippen MR) is 66.1 cm³/mol. The van der Waals surface area contributed by atoms with E-state index in [2.05, 4.69) is 21.0 Å². The van der Waals surface area contributed by atoms with E-state index in [9.17, 15) is 19.1 Å². The fraction of sp³-hybridized carbons (Fsp3) is 0. The van der Waals surface area contributed by atoms with Gasteiger partial charge < -0.3 is 10.2 Å². The average molecular weight is 329 g/mol. The van der Waals surface area contributed by atoms with Crippen molar-refractivity contribution in [1.29, 1.82) is 0 Å². The first kappa shape index (κ1) is 13.2. The van der Waals surface area contributed by atoms with E-state index in [4.69, 9.17) is 5.11 Å². The molecule has 0 aliphatic carbocycles. The maximum atomic E-state index is 13.7. The highest BCUT2D eigenvalue weighted by molar-refractivity contribution is 9.10. The van der Waals surface area contributed by atoms with Gasteiger partial charge in [-0.3, -0.25) is 4.79 Å². The molecule has 0 bridgehead atoms. The normalized spacial score (nSPS) is 10.4. The largest absolute Gasteiger partial charge is 0.505 e. The molecule has 0 saturated carbocycles. The number of halogens is 2. The van der Waals surface area contributed by atoms with Crippen LogP contribution in [0.2, 0.25) is 0 Å². The summed E-state index contributed by atoms with van der Waals surface area (Å²) in [5, 5.41) is 21.5. The second-order valence-electron chi connectivity index (χ2n) is 3.53. The molecule has 0 aliphatic rings. The van der Waals surface area contributed by atoms with E-state index in [1.54, 1.807) is 0 Å². The van der Waals surface area contributed by atoms with Crippen LogP contribution in [-0.4, -0.2) is 26.0 Å². The van der Waals surface area contributed by atoms with Crippen molar-refractivity contribution in [2.75, 3.05) is 0 Å². The number of aromatic nitrogens is 2. The first-order valence-corrected chi connectivity index (χ1v) is 5.71. The second-order valence-corrected chi connectivity index (χ2v) is 4.44. The summed E-state index contributed by atoms with van der Waals surface area (Å²) in [6.45, 7) is 0. The van der Waals surface area contributed by atoms with Gasteiger partial charge in [-0.2, -0.15) is 9.78 Å². The Labute approximate surface area is 113 Å². The summed E-state index contributed by atoms with van der Waals surface area (Å²) in [5.41, 5.74) is -1.79. The zero-order valence-corrected chi connectivity index (χ0v) is 10.8. The third-order valence-corrected chi connectivity index (χ3v) is 2.75. The Morgan fingerprint density at radius 3 is 2.63 bits per heavy atom. The van der Waals surface area contributed by atoms with Gasteiger partial charge in [0.2, 0.25) is 5.69 Å². The number of nitrogens with zero attached hydrogens (tertiary/aromatic N) is 2. The number of aromatic hydroxyl groups is 1. The van der Waals surface area contributed by atoms with Crippen molar-refractivity contribution in [3.63, 3.8) is 0 Å². The first-order chi connectivity index (χ1) is 8.90. The van der Waals surface area contributed by atoms with E-state index >= 15 is 0 Å².